The van der Waals surface area contributed by atoms with Gasteiger partial charge in [0.1, 0.15) is 11.3 Å². The van der Waals surface area contributed by atoms with Gasteiger partial charge >= 0.3 is 0 Å². The summed E-state index contributed by atoms with van der Waals surface area (Å²) in [5, 5.41) is 0. The Hall–Kier alpha value is -1.75. The molecule has 0 aliphatic rings. The fourth-order valence-corrected chi connectivity index (χ4v) is 2.47. The number of benzene rings is 1. The van der Waals surface area contributed by atoms with Crippen LogP contribution in [0.2, 0.25) is 0 Å². The van der Waals surface area contributed by atoms with E-state index >= 15 is 0 Å². The van der Waals surface area contributed by atoms with Crippen LogP contribution < -0.4 is 10.5 Å². The number of nitrogens with zero attached hydrogens (tertiary/aromatic N) is 2. The molecular formula is C14H21N3O2. The quantitative estimate of drug-likeness (QED) is 0.870. The molecule has 2 rings (SSSR count). The van der Waals surface area contributed by atoms with Crippen LogP contribution in [-0.4, -0.2) is 30.4 Å². The number of anilines is 1. The SMILES string of the molecule is CCCC(COC)n1c(N)nc2c(OC)cccc21. The summed E-state index contributed by atoms with van der Waals surface area (Å²) in [6.45, 7) is 2.78. The topological polar surface area (TPSA) is 62.3 Å². The molecule has 5 nitrogen and oxygen atoms in total. The van der Waals surface area contributed by atoms with Gasteiger partial charge in [0.15, 0.2) is 0 Å². The maximum atomic E-state index is 6.08. The number of hydrogen-bond acceptors (Lipinski definition) is 4. The number of imidazole rings is 1. The van der Waals surface area contributed by atoms with Crippen molar-refractivity contribution in [2.75, 3.05) is 26.6 Å². The number of methoxy groups -OCH3 is 2. The van der Waals surface area contributed by atoms with E-state index < -0.39 is 0 Å². The molecule has 1 aromatic heterocycles. The molecule has 0 spiro atoms. The minimum Gasteiger partial charge on any atom is -0.494 e. The Morgan fingerprint density at radius 1 is 1.37 bits per heavy atom. The van der Waals surface area contributed by atoms with Gasteiger partial charge in [0.2, 0.25) is 5.95 Å². The van der Waals surface area contributed by atoms with Crippen molar-refractivity contribution in [3.63, 3.8) is 0 Å². The monoisotopic (exact) mass is 263 g/mol. The first-order valence-electron chi connectivity index (χ1n) is 6.52. The van der Waals surface area contributed by atoms with Crippen molar-refractivity contribution in [2.24, 2.45) is 0 Å². The molecule has 0 saturated heterocycles. The Bertz CT molecular complexity index is 545. The highest BCUT2D eigenvalue weighted by molar-refractivity contribution is 5.84. The lowest BCUT2D eigenvalue weighted by Gasteiger charge is -2.19. The van der Waals surface area contributed by atoms with Crippen LogP contribution in [0.25, 0.3) is 11.0 Å². The molecule has 0 aliphatic heterocycles. The molecule has 2 N–H and O–H groups in total. The lowest BCUT2D eigenvalue weighted by molar-refractivity contribution is 0.153. The van der Waals surface area contributed by atoms with Crippen molar-refractivity contribution < 1.29 is 9.47 Å². The minimum atomic E-state index is 0.201. The van der Waals surface area contributed by atoms with Crippen molar-refractivity contribution in [1.82, 2.24) is 9.55 Å². The van der Waals surface area contributed by atoms with E-state index in [1.165, 1.54) is 0 Å². The van der Waals surface area contributed by atoms with Gasteiger partial charge in [-0.3, -0.25) is 0 Å². The molecule has 1 unspecified atom stereocenters. The zero-order chi connectivity index (χ0) is 13.8. The highest BCUT2D eigenvalue weighted by Gasteiger charge is 2.18. The maximum Gasteiger partial charge on any atom is 0.201 e. The highest BCUT2D eigenvalue weighted by Crippen LogP contribution is 2.30. The first-order valence-corrected chi connectivity index (χ1v) is 6.52. The second-order valence-electron chi connectivity index (χ2n) is 4.57. The number of ether oxygens (including phenoxy) is 2. The van der Waals surface area contributed by atoms with E-state index in [1.54, 1.807) is 14.2 Å². The predicted molar refractivity (Wildman–Crippen MR) is 76.5 cm³/mol. The van der Waals surface area contributed by atoms with Crippen LogP contribution in [0.3, 0.4) is 0 Å². The standard InChI is InChI=1S/C14H21N3O2/c1-4-6-10(9-18-2)17-11-7-5-8-12(19-3)13(11)16-14(17)15/h5,7-8,10H,4,6,9H2,1-3H3,(H2,15,16). The number of aromatic nitrogens is 2. The zero-order valence-corrected chi connectivity index (χ0v) is 11.7. The van der Waals surface area contributed by atoms with Crippen molar-refractivity contribution in [3.8, 4) is 5.75 Å². The average molecular weight is 263 g/mol. The van der Waals surface area contributed by atoms with E-state index in [2.05, 4.69) is 11.9 Å². The maximum absolute atomic E-state index is 6.08. The van der Waals surface area contributed by atoms with Crippen molar-refractivity contribution in [1.29, 1.82) is 0 Å². The molecule has 1 heterocycles. The number of fused-ring (bicyclic) bond motifs is 1. The molecule has 0 amide bonds. The van der Waals surface area contributed by atoms with Crippen LogP contribution in [0.1, 0.15) is 25.8 Å². The number of nitrogens with two attached hydrogens (primary N) is 1. The van der Waals surface area contributed by atoms with Gasteiger partial charge in [-0.2, -0.15) is 0 Å². The Morgan fingerprint density at radius 3 is 2.79 bits per heavy atom. The molecule has 2 aromatic rings. The smallest absolute Gasteiger partial charge is 0.201 e. The number of nitrogen functional groups attached to an aromatic ring is 1. The number of hydrogen-bond donors (Lipinski definition) is 1. The summed E-state index contributed by atoms with van der Waals surface area (Å²) in [5.74, 6) is 1.26. The summed E-state index contributed by atoms with van der Waals surface area (Å²) in [6, 6.07) is 6.06. The Labute approximate surface area is 113 Å². The summed E-state index contributed by atoms with van der Waals surface area (Å²) in [5.41, 5.74) is 7.88. The molecule has 0 saturated carbocycles. The fraction of sp³-hybridized carbons (Fsp3) is 0.500. The van der Waals surface area contributed by atoms with Gasteiger partial charge in [-0.15, -0.1) is 0 Å². The molecular weight excluding hydrogens is 242 g/mol. The molecule has 0 radical (unpaired) electrons. The van der Waals surface area contributed by atoms with E-state index in [1.807, 2.05) is 22.8 Å². The van der Waals surface area contributed by atoms with E-state index in [0.29, 0.717) is 12.6 Å². The number of para-hydroxylation sites is 1. The van der Waals surface area contributed by atoms with Crippen molar-refractivity contribution >= 4 is 17.0 Å². The van der Waals surface area contributed by atoms with Crippen LogP contribution in [0, 0.1) is 0 Å². The molecule has 104 valence electrons. The van der Waals surface area contributed by atoms with Gasteiger partial charge in [-0.1, -0.05) is 19.4 Å². The zero-order valence-electron chi connectivity index (χ0n) is 11.7. The minimum absolute atomic E-state index is 0.201. The third-order valence-electron chi connectivity index (χ3n) is 3.28. The Balaban J connectivity index is 2.55. The first kappa shape index (κ1) is 13.7. The highest BCUT2D eigenvalue weighted by atomic mass is 16.5. The Morgan fingerprint density at radius 2 is 2.16 bits per heavy atom. The third kappa shape index (κ3) is 2.51. The molecule has 19 heavy (non-hydrogen) atoms. The van der Waals surface area contributed by atoms with E-state index in [9.17, 15) is 0 Å². The van der Waals surface area contributed by atoms with Gasteiger partial charge < -0.3 is 19.8 Å². The fourth-order valence-electron chi connectivity index (χ4n) is 2.47. The molecule has 0 bridgehead atoms. The van der Waals surface area contributed by atoms with E-state index in [-0.39, 0.29) is 6.04 Å². The second kappa shape index (κ2) is 5.93. The van der Waals surface area contributed by atoms with Gasteiger partial charge in [0, 0.05) is 7.11 Å². The molecule has 5 heteroatoms. The second-order valence-corrected chi connectivity index (χ2v) is 4.57. The normalized spacial score (nSPS) is 12.8. The van der Waals surface area contributed by atoms with E-state index in [4.69, 9.17) is 15.2 Å². The van der Waals surface area contributed by atoms with Crippen LogP contribution in [0.15, 0.2) is 18.2 Å². The van der Waals surface area contributed by atoms with Crippen LogP contribution in [0.4, 0.5) is 5.95 Å². The van der Waals surface area contributed by atoms with Gasteiger partial charge in [0.25, 0.3) is 0 Å². The summed E-state index contributed by atoms with van der Waals surface area (Å²) in [7, 11) is 3.35. The number of rotatable bonds is 6. The Kier molecular flexibility index (Phi) is 4.27. The largest absolute Gasteiger partial charge is 0.494 e. The van der Waals surface area contributed by atoms with Gasteiger partial charge in [-0.25, -0.2) is 4.98 Å². The van der Waals surface area contributed by atoms with Gasteiger partial charge in [0.05, 0.1) is 25.3 Å². The van der Waals surface area contributed by atoms with Crippen LogP contribution >= 0.6 is 0 Å². The molecule has 1 atom stereocenters. The molecule has 0 fully saturated rings. The summed E-state index contributed by atoms with van der Waals surface area (Å²) in [6.07, 6.45) is 2.07. The predicted octanol–water partition coefficient (Wildman–Crippen LogP) is 2.61. The lowest BCUT2D eigenvalue weighted by Crippen LogP contribution is -2.16. The van der Waals surface area contributed by atoms with E-state index in [0.717, 1.165) is 29.6 Å². The van der Waals surface area contributed by atoms with Crippen LogP contribution in [-0.2, 0) is 4.74 Å². The third-order valence-corrected chi connectivity index (χ3v) is 3.28. The first-order chi connectivity index (χ1) is 9.22. The summed E-state index contributed by atoms with van der Waals surface area (Å²) in [4.78, 5) is 4.43. The molecule has 0 aliphatic carbocycles. The average Bonchev–Trinajstić information content (AvgIpc) is 2.74. The van der Waals surface area contributed by atoms with Gasteiger partial charge in [-0.05, 0) is 18.6 Å². The lowest BCUT2D eigenvalue weighted by atomic mass is 10.1. The molecule has 1 aromatic carbocycles. The van der Waals surface area contributed by atoms with Crippen molar-refractivity contribution in [3.05, 3.63) is 18.2 Å². The summed E-state index contributed by atoms with van der Waals surface area (Å²) >= 11 is 0. The van der Waals surface area contributed by atoms with Crippen molar-refractivity contribution in [2.45, 2.75) is 25.8 Å². The summed E-state index contributed by atoms with van der Waals surface area (Å²) < 4.78 is 12.7. The van der Waals surface area contributed by atoms with Crippen LogP contribution in [0.5, 0.6) is 5.75 Å².